The maximum Gasteiger partial charge on any atom is 0.352 e. The van der Waals surface area contributed by atoms with Gasteiger partial charge in [0.15, 0.2) is 5.69 Å². The number of hydrogen-bond acceptors (Lipinski definition) is 7. The predicted octanol–water partition coefficient (Wildman–Crippen LogP) is 1.96. The summed E-state index contributed by atoms with van der Waals surface area (Å²) in [4.78, 5) is 41.6. The number of amides is 1. The highest BCUT2D eigenvalue weighted by atomic mass is 35.5. The van der Waals surface area contributed by atoms with Crippen molar-refractivity contribution in [1.82, 2.24) is 29.8 Å². The second-order valence-corrected chi connectivity index (χ2v) is 7.39. The first-order valence-corrected chi connectivity index (χ1v) is 10.3. The number of halogens is 1. The molecule has 0 aliphatic heterocycles. The third-order valence-electron chi connectivity index (χ3n) is 4.71. The second kappa shape index (κ2) is 9.69. The van der Waals surface area contributed by atoms with Crippen molar-refractivity contribution in [2.75, 3.05) is 0 Å². The standard InChI is InChI=1S/C20H23ClN6O4/c1-4-12(3)22-15(28)10-11-16-23-18(25-31-16)17-19(29)26(5-2)20(30)27(24-17)14-8-6-13(21)7-9-14/h6-9,12H,4-5,10-11H2,1-3H3,(H,22,28)/t12-/m1/s1. The molecule has 10 nitrogen and oxygen atoms in total. The van der Waals surface area contributed by atoms with Gasteiger partial charge in [-0.2, -0.15) is 14.8 Å². The van der Waals surface area contributed by atoms with E-state index in [-0.39, 0.29) is 48.7 Å². The summed E-state index contributed by atoms with van der Waals surface area (Å²) < 4.78 is 7.31. The molecule has 0 saturated carbocycles. The van der Waals surface area contributed by atoms with Crippen molar-refractivity contribution in [2.45, 2.75) is 52.6 Å². The minimum absolute atomic E-state index is 0.0488. The van der Waals surface area contributed by atoms with Crippen LogP contribution in [0.3, 0.4) is 0 Å². The van der Waals surface area contributed by atoms with Crippen molar-refractivity contribution < 1.29 is 9.32 Å². The molecule has 2 heterocycles. The molecule has 0 saturated heterocycles. The zero-order chi connectivity index (χ0) is 22.5. The van der Waals surface area contributed by atoms with Crippen LogP contribution >= 0.6 is 11.6 Å². The molecule has 0 fully saturated rings. The first kappa shape index (κ1) is 22.4. The van der Waals surface area contributed by atoms with Crippen molar-refractivity contribution in [3.8, 4) is 17.2 Å². The van der Waals surface area contributed by atoms with Crippen LogP contribution in [-0.4, -0.2) is 36.4 Å². The van der Waals surface area contributed by atoms with Crippen LogP contribution in [-0.2, 0) is 17.8 Å². The topological polar surface area (TPSA) is 125 Å². The van der Waals surface area contributed by atoms with Crippen LogP contribution < -0.4 is 16.6 Å². The number of carbonyl (C=O) groups is 1. The molecule has 0 spiro atoms. The van der Waals surface area contributed by atoms with Gasteiger partial charge in [0.25, 0.3) is 5.56 Å². The van der Waals surface area contributed by atoms with Gasteiger partial charge in [-0.1, -0.05) is 23.7 Å². The minimum atomic E-state index is -0.625. The summed E-state index contributed by atoms with van der Waals surface area (Å²) in [7, 11) is 0. The average Bonchev–Trinajstić information content (AvgIpc) is 3.22. The summed E-state index contributed by atoms with van der Waals surface area (Å²) in [6.45, 7) is 5.72. The molecular formula is C20H23ClN6O4. The highest BCUT2D eigenvalue weighted by molar-refractivity contribution is 6.30. The molecule has 1 aromatic carbocycles. The predicted molar refractivity (Wildman–Crippen MR) is 114 cm³/mol. The van der Waals surface area contributed by atoms with Crippen molar-refractivity contribution >= 4 is 17.5 Å². The summed E-state index contributed by atoms with van der Waals surface area (Å²) in [6, 6.07) is 6.54. The van der Waals surface area contributed by atoms with Gasteiger partial charge in [0.2, 0.25) is 17.6 Å². The number of nitrogens with one attached hydrogen (secondary N) is 1. The van der Waals surface area contributed by atoms with Gasteiger partial charge >= 0.3 is 5.69 Å². The van der Waals surface area contributed by atoms with Crippen LogP contribution in [0.4, 0.5) is 0 Å². The quantitative estimate of drug-likeness (QED) is 0.560. The van der Waals surface area contributed by atoms with E-state index in [1.54, 1.807) is 31.2 Å². The summed E-state index contributed by atoms with van der Waals surface area (Å²) >= 11 is 5.92. The van der Waals surface area contributed by atoms with Crippen molar-refractivity contribution in [2.24, 2.45) is 0 Å². The molecule has 1 amide bonds. The first-order chi connectivity index (χ1) is 14.8. The van der Waals surface area contributed by atoms with E-state index in [4.69, 9.17) is 16.1 Å². The van der Waals surface area contributed by atoms with Gasteiger partial charge in [0, 0.05) is 30.5 Å². The number of aryl methyl sites for hydroxylation is 1. The number of nitrogens with zero attached hydrogens (tertiary/aromatic N) is 5. The molecule has 0 radical (unpaired) electrons. The van der Waals surface area contributed by atoms with Gasteiger partial charge in [0.05, 0.1) is 5.69 Å². The van der Waals surface area contributed by atoms with E-state index < -0.39 is 11.2 Å². The summed E-state index contributed by atoms with van der Waals surface area (Å²) in [5.41, 5.74) is -0.915. The van der Waals surface area contributed by atoms with E-state index >= 15 is 0 Å². The fourth-order valence-corrected chi connectivity index (χ4v) is 2.93. The Morgan fingerprint density at radius 2 is 1.94 bits per heavy atom. The molecule has 2 aromatic heterocycles. The van der Waals surface area contributed by atoms with E-state index in [1.807, 2.05) is 13.8 Å². The Morgan fingerprint density at radius 3 is 2.58 bits per heavy atom. The molecule has 1 atom stereocenters. The largest absolute Gasteiger partial charge is 0.354 e. The SMILES string of the molecule is CC[C@@H](C)NC(=O)CCc1nc(-c2nn(-c3ccc(Cl)cc3)c(=O)n(CC)c2=O)no1. The maximum atomic E-state index is 12.8. The normalized spacial score (nSPS) is 12.0. The number of hydrogen-bond donors (Lipinski definition) is 1. The van der Waals surface area contributed by atoms with Crippen LogP contribution in [0.1, 0.15) is 39.5 Å². The van der Waals surface area contributed by atoms with Gasteiger partial charge in [-0.15, -0.1) is 0 Å². The molecule has 3 aromatic rings. The molecule has 0 bridgehead atoms. The van der Waals surface area contributed by atoms with Crippen LogP contribution in [0.15, 0.2) is 38.4 Å². The Morgan fingerprint density at radius 1 is 1.23 bits per heavy atom. The fourth-order valence-electron chi connectivity index (χ4n) is 2.81. The second-order valence-electron chi connectivity index (χ2n) is 6.96. The number of rotatable bonds is 8. The Kier molecular flexibility index (Phi) is 7.01. The molecule has 0 unspecified atom stereocenters. The summed E-state index contributed by atoms with van der Waals surface area (Å²) in [5.74, 6) is 0.0203. The molecule has 164 valence electrons. The van der Waals surface area contributed by atoms with Gasteiger partial charge in [-0.3, -0.25) is 14.2 Å². The van der Waals surface area contributed by atoms with Crippen molar-refractivity contribution in [3.63, 3.8) is 0 Å². The lowest BCUT2D eigenvalue weighted by molar-refractivity contribution is -0.121. The maximum absolute atomic E-state index is 12.8. The molecule has 0 aliphatic carbocycles. The summed E-state index contributed by atoms with van der Waals surface area (Å²) in [5, 5.41) is 11.4. The Bertz CT molecular complexity index is 1180. The molecular weight excluding hydrogens is 424 g/mol. The van der Waals surface area contributed by atoms with Gasteiger partial charge in [-0.25, -0.2) is 4.79 Å². The fraction of sp³-hybridized carbons (Fsp3) is 0.400. The smallest absolute Gasteiger partial charge is 0.352 e. The van der Waals surface area contributed by atoms with Gasteiger partial charge < -0.3 is 9.84 Å². The molecule has 31 heavy (non-hydrogen) atoms. The summed E-state index contributed by atoms with van der Waals surface area (Å²) in [6.07, 6.45) is 1.21. The monoisotopic (exact) mass is 446 g/mol. The Labute approximate surface area is 182 Å². The number of carbonyl (C=O) groups excluding carboxylic acids is 1. The highest BCUT2D eigenvalue weighted by Crippen LogP contribution is 2.13. The first-order valence-electron chi connectivity index (χ1n) is 9.96. The van der Waals surface area contributed by atoms with E-state index in [0.717, 1.165) is 15.7 Å². The van der Waals surface area contributed by atoms with Crippen LogP contribution in [0.2, 0.25) is 5.02 Å². The average molecular weight is 447 g/mol. The Balaban J connectivity index is 1.92. The van der Waals surface area contributed by atoms with E-state index in [9.17, 15) is 14.4 Å². The van der Waals surface area contributed by atoms with E-state index in [0.29, 0.717) is 10.7 Å². The van der Waals surface area contributed by atoms with E-state index in [2.05, 4.69) is 20.6 Å². The van der Waals surface area contributed by atoms with Crippen molar-refractivity contribution in [1.29, 1.82) is 0 Å². The third kappa shape index (κ3) is 5.08. The Hall–Kier alpha value is -3.27. The lowest BCUT2D eigenvalue weighted by Gasteiger charge is -2.10. The number of benzene rings is 1. The third-order valence-corrected chi connectivity index (χ3v) is 4.96. The minimum Gasteiger partial charge on any atom is -0.354 e. The molecule has 3 rings (SSSR count). The van der Waals surface area contributed by atoms with Crippen LogP contribution in [0.5, 0.6) is 0 Å². The van der Waals surface area contributed by atoms with Crippen molar-refractivity contribution in [3.05, 3.63) is 56.0 Å². The van der Waals surface area contributed by atoms with Crippen LogP contribution in [0, 0.1) is 0 Å². The van der Waals surface area contributed by atoms with E-state index in [1.165, 1.54) is 0 Å². The molecule has 1 N–H and O–H groups in total. The highest BCUT2D eigenvalue weighted by Gasteiger charge is 2.20. The van der Waals surface area contributed by atoms with Gasteiger partial charge in [0.1, 0.15) is 0 Å². The molecule has 0 aliphatic rings. The molecule has 11 heteroatoms. The zero-order valence-corrected chi connectivity index (χ0v) is 18.2. The zero-order valence-electron chi connectivity index (χ0n) is 17.5. The lowest BCUT2D eigenvalue weighted by Crippen LogP contribution is -2.41. The lowest BCUT2D eigenvalue weighted by atomic mass is 10.2. The van der Waals surface area contributed by atoms with Gasteiger partial charge in [-0.05, 0) is 44.5 Å². The van der Waals surface area contributed by atoms with Crippen LogP contribution in [0.25, 0.3) is 17.2 Å². The number of aromatic nitrogens is 5.